The van der Waals surface area contributed by atoms with E-state index in [9.17, 15) is 14.7 Å². The van der Waals surface area contributed by atoms with Crippen LogP contribution in [-0.2, 0) is 19.1 Å². The second-order valence-corrected chi connectivity index (χ2v) is 4.89. The Morgan fingerprint density at radius 2 is 1.83 bits per heavy atom. The molecular formula is C12H23NO5. The van der Waals surface area contributed by atoms with Crippen LogP contribution in [0.2, 0.25) is 0 Å². The van der Waals surface area contributed by atoms with Crippen molar-refractivity contribution in [2.45, 2.75) is 58.5 Å². The van der Waals surface area contributed by atoms with E-state index in [0.717, 1.165) is 0 Å². The van der Waals surface area contributed by atoms with Gasteiger partial charge in [0.1, 0.15) is 0 Å². The number of hydrogen-bond donors (Lipinski definition) is 2. The van der Waals surface area contributed by atoms with Crippen LogP contribution in [-0.4, -0.2) is 42.0 Å². The van der Waals surface area contributed by atoms with Crippen LogP contribution in [0.5, 0.6) is 0 Å². The lowest BCUT2D eigenvalue weighted by molar-refractivity contribution is -0.209. The van der Waals surface area contributed by atoms with Gasteiger partial charge in [0.2, 0.25) is 5.91 Å². The van der Waals surface area contributed by atoms with E-state index in [0.29, 0.717) is 0 Å². The molecule has 0 rings (SSSR count). The lowest BCUT2D eigenvalue weighted by atomic mass is 10.1. The summed E-state index contributed by atoms with van der Waals surface area (Å²) in [7, 11) is 1.26. The summed E-state index contributed by atoms with van der Waals surface area (Å²) in [6.45, 7) is 6.56. The van der Waals surface area contributed by atoms with E-state index in [2.05, 4.69) is 10.1 Å². The normalized spacial score (nSPS) is 13.3. The van der Waals surface area contributed by atoms with E-state index < -0.39 is 17.9 Å². The van der Waals surface area contributed by atoms with Gasteiger partial charge in [-0.15, -0.1) is 0 Å². The van der Waals surface area contributed by atoms with Crippen molar-refractivity contribution >= 4 is 11.9 Å². The molecule has 0 heterocycles. The molecule has 6 heteroatoms. The zero-order valence-corrected chi connectivity index (χ0v) is 11.6. The van der Waals surface area contributed by atoms with E-state index in [-0.39, 0.29) is 24.8 Å². The summed E-state index contributed by atoms with van der Waals surface area (Å²) >= 11 is 0. The van der Waals surface area contributed by atoms with Gasteiger partial charge in [-0.1, -0.05) is 0 Å². The van der Waals surface area contributed by atoms with Gasteiger partial charge in [-0.25, -0.2) is 0 Å². The molecule has 0 aromatic heterocycles. The first kappa shape index (κ1) is 16.9. The standard InChI is InChI=1S/C12H23NO5/c1-8(2)13-10(14)6-9(7-11(15)17-5)18-12(3,4)16/h8-9,16H,6-7H2,1-5H3,(H,13,14). The first-order valence-corrected chi connectivity index (χ1v) is 5.90. The van der Waals surface area contributed by atoms with Gasteiger partial charge in [0.05, 0.1) is 26.1 Å². The Balaban J connectivity index is 4.46. The summed E-state index contributed by atoms with van der Waals surface area (Å²) < 4.78 is 9.78. The fraction of sp³-hybridized carbons (Fsp3) is 0.833. The molecule has 0 radical (unpaired) electrons. The van der Waals surface area contributed by atoms with Crippen LogP contribution in [0.1, 0.15) is 40.5 Å². The molecule has 0 saturated heterocycles. The number of hydrogen-bond acceptors (Lipinski definition) is 5. The number of nitrogens with one attached hydrogen (secondary N) is 1. The number of amides is 1. The minimum Gasteiger partial charge on any atom is -0.469 e. The van der Waals surface area contributed by atoms with E-state index in [1.165, 1.54) is 21.0 Å². The number of carbonyl (C=O) groups is 2. The molecular weight excluding hydrogens is 238 g/mol. The van der Waals surface area contributed by atoms with E-state index in [1.807, 2.05) is 13.8 Å². The van der Waals surface area contributed by atoms with Crippen LogP contribution in [0.15, 0.2) is 0 Å². The number of methoxy groups -OCH3 is 1. The van der Waals surface area contributed by atoms with Gasteiger partial charge >= 0.3 is 5.97 Å². The fourth-order valence-corrected chi connectivity index (χ4v) is 1.42. The number of ether oxygens (including phenoxy) is 2. The molecule has 6 nitrogen and oxygen atoms in total. The molecule has 106 valence electrons. The van der Waals surface area contributed by atoms with Crippen LogP contribution in [0, 0.1) is 0 Å². The second-order valence-electron chi connectivity index (χ2n) is 4.89. The molecule has 0 aliphatic carbocycles. The number of aliphatic hydroxyl groups is 1. The van der Waals surface area contributed by atoms with Gasteiger partial charge < -0.3 is 19.9 Å². The zero-order valence-electron chi connectivity index (χ0n) is 11.6. The van der Waals surface area contributed by atoms with Crippen LogP contribution in [0.3, 0.4) is 0 Å². The topological polar surface area (TPSA) is 84.9 Å². The van der Waals surface area contributed by atoms with Crippen LogP contribution < -0.4 is 5.32 Å². The molecule has 1 atom stereocenters. The van der Waals surface area contributed by atoms with Crippen molar-refractivity contribution < 1.29 is 24.2 Å². The zero-order chi connectivity index (χ0) is 14.3. The second kappa shape index (κ2) is 7.33. The maximum atomic E-state index is 11.6. The van der Waals surface area contributed by atoms with E-state index in [4.69, 9.17) is 4.74 Å². The Kier molecular flexibility index (Phi) is 6.86. The number of esters is 1. The van der Waals surface area contributed by atoms with Gasteiger partial charge in [0.25, 0.3) is 0 Å². The molecule has 0 saturated carbocycles. The third kappa shape index (κ3) is 8.95. The molecule has 0 aromatic rings. The summed E-state index contributed by atoms with van der Waals surface area (Å²) in [6.07, 6.45) is -0.792. The molecule has 18 heavy (non-hydrogen) atoms. The monoisotopic (exact) mass is 261 g/mol. The molecule has 0 aliphatic heterocycles. The minimum absolute atomic E-state index is 0.00271. The highest BCUT2D eigenvalue weighted by Gasteiger charge is 2.25. The lowest BCUT2D eigenvalue weighted by Gasteiger charge is -2.25. The quantitative estimate of drug-likeness (QED) is 0.517. The first-order chi connectivity index (χ1) is 8.14. The predicted molar refractivity (Wildman–Crippen MR) is 65.7 cm³/mol. The van der Waals surface area contributed by atoms with Crippen molar-refractivity contribution in [3.8, 4) is 0 Å². The predicted octanol–water partition coefficient (Wildman–Crippen LogP) is 0.578. The van der Waals surface area contributed by atoms with Crippen molar-refractivity contribution in [3.63, 3.8) is 0 Å². The molecule has 0 fully saturated rings. The van der Waals surface area contributed by atoms with Crippen LogP contribution in [0.25, 0.3) is 0 Å². The third-order valence-corrected chi connectivity index (χ3v) is 1.94. The molecule has 0 aromatic carbocycles. The highest BCUT2D eigenvalue weighted by atomic mass is 16.6. The summed E-state index contributed by atoms with van der Waals surface area (Å²) in [5.41, 5.74) is 0. The summed E-state index contributed by atoms with van der Waals surface area (Å²) in [5.74, 6) is -2.12. The Morgan fingerprint density at radius 1 is 1.28 bits per heavy atom. The largest absolute Gasteiger partial charge is 0.469 e. The molecule has 0 spiro atoms. The van der Waals surface area contributed by atoms with Crippen LogP contribution >= 0.6 is 0 Å². The lowest BCUT2D eigenvalue weighted by Crippen LogP contribution is -2.38. The SMILES string of the molecule is COC(=O)CC(CC(=O)NC(C)C)OC(C)(C)O. The number of rotatable bonds is 7. The van der Waals surface area contributed by atoms with Gasteiger partial charge in [0, 0.05) is 6.04 Å². The Bertz CT molecular complexity index is 283. The Labute approximate surface area is 108 Å². The van der Waals surface area contributed by atoms with E-state index >= 15 is 0 Å². The van der Waals surface area contributed by atoms with Crippen LogP contribution in [0.4, 0.5) is 0 Å². The average Bonchev–Trinajstić information content (AvgIpc) is 2.12. The van der Waals surface area contributed by atoms with E-state index in [1.54, 1.807) is 0 Å². The van der Waals surface area contributed by atoms with Gasteiger partial charge in [0.15, 0.2) is 5.79 Å². The molecule has 2 N–H and O–H groups in total. The first-order valence-electron chi connectivity index (χ1n) is 5.90. The van der Waals surface area contributed by atoms with Gasteiger partial charge in [-0.2, -0.15) is 0 Å². The van der Waals surface area contributed by atoms with Crippen molar-refractivity contribution in [1.82, 2.24) is 5.32 Å². The maximum Gasteiger partial charge on any atom is 0.308 e. The van der Waals surface area contributed by atoms with Crippen molar-refractivity contribution in [1.29, 1.82) is 0 Å². The fourth-order valence-electron chi connectivity index (χ4n) is 1.42. The Hall–Kier alpha value is -1.14. The molecule has 0 bridgehead atoms. The Morgan fingerprint density at radius 3 is 2.22 bits per heavy atom. The average molecular weight is 261 g/mol. The van der Waals surface area contributed by atoms with Gasteiger partial charge in [-0.3, -0.25) is 9.59 Å². The van der Waals surface area contributed by atoms with Crippen molar-refractivity contribution in [3.05, 3.63) is 0 Å². The smallest absolute Gasteiger partial charge is 0.308 e. The third-order valence-electron chi connectivity index (χ3n) is 1.94. The van der Waals surface area contributed by atoms with Crippen molar-refractivity contribution in [2.75, 3.05) is 7.11 Å². The number of carbonyl (C=O) groups excluding carboxylic acids is 2. The highest BCUT2D eigenvalue weighted by molar-refractivity contribution is 5.78. The summed E-state index contributed by atoms with van der Waals surface area (Å²) in [5, 5.41) is 12.3. The summed E-state index contributed by atoms with van der Waals surface area (Å²) in [6, 6.07) is 0.0124. The molecule has 1 unspecified atom stereocenters. The molecule has 1 amide bonds. The maximum absolute atomic E-state index is 11.6. The highest BCUT2D eigenvalue weighted by Crippen LogP contribution is 2.14. The van der Waals surface area contributed by atoms with Gasteiger partial charge in [-0.05, 0) is 27.7 Å². The minimum atomic E-state index is -1.41. The summed E-state index contributed by atoms with van der Waals surface area (Å²) in [4.78, 5) is 22.8. The molecule has 0 aliphatic rings. The van der Waals surface area contributed by atoms with Crippen molar-refractivity contribution in [2.24, 2.45) is 0 Å².